The Morgan fingerprint density at radius 3 is 2.56 bits per heavy atom. The van der Waals surface area contributed by atoms with Gasteiger partial charge < -0.3 is 14.6 Å². The van der Waals surface area contributed by atoms with Crippen LogP contribution in [-0.4, -0.2) is 25.9 Å². The normalized spacial score (nSPS) is 14.5. The average molecular weight is 224 g/mol. The summed E-state index contributed by atoms with van der Waals surface area (Å²) < 4.78 is 10.2. The first kappa shape index (κ1) is 13.0. The van der Waals surface area contributed by atoms with Gasteiger partial charge >= 0.3 is 0 Å². The minimum atomic E-state index is -0.508. The van der Waals surface area contributed by atoms with Crippen LogP contribution in [0.2, 0.25) is 0 Å². The van der Waals surface area contributed by atoms with Crippen LogP contribution in [0.5, 0.6) is 5.75 Å². The number of hydrogen-bond acceptors (Lipinski definition) is 3. The van der Waals surface area contributed by atoms with Gasteiger partial charge in [-0.2, -0.15) is 0 Å². The van der Waals surface area contributed by atoms with Gasteiger partial charge in [-0.25, -0.2) is 0 Å². The van der Waals surface area contributed by atoms with Gasteiger partial charge in [0.15, 0.2) is 0 Å². The van der Waals surface area contributed by atoms with Crippen LogP contribution < -0.4 is 4.74 Å². The maximum absolute atomic E-state index is 10.2. The summed E-state index contributed by atoms with van der Waals surface area (Å²) in [7, 11) is 3.29. The summed E-state index contributed by atoms with van der Waals surface area (Å²) in [6.07, 6.45) is 0.321. The highest BCUT2D eigenvalue weighted by molar-refractivity contribution is 5.35. The first-order valence-corrected chi connectivity index (χ1v) is 5.50. The van der Waals surface area contributed by atoms with Crippen LogP contribution in [0.4, 0.5) is 0 Å². The summed E-state index contributed by atoms with van der Waals surface area (Å²) in [5, 5.41) is 10.2. The molecule has 1 aromatic rings. The summed E-state index contributed by atoms with van der Waals surface area (Å²) in [6, 6.07) is 7.56. The number of rotatable bonds is 6. The molecule has 0 radical (unpaired) electrons. The van der Waals surface area contributed by atoms with E-state index in [4.69, 9.17) is 9.47 Å². The van der Waals surface area contributed by atoms with Gasteiger partial charge in [-0.1, -0.05) is 25.1 Å². The van der Waals surface area contributed by atoms with Crippen LogP contribution in [0.1, 0.15) is 25.0 Å². The molecule has 0 aliphatic rings. The van der Waals surface area contributed by atoms with E-state index in [0.717, 1.165) is 17.7 Å². The molecule has 0 saturated carbocycles. The number of ether oxygens (including phenoxy) is 2. The van der Waals surface area contributed by atoms with Crippen LogP contribution in [0, 0.1) is 5.92 Å². The van der Waals surface area contributed by atoms with Crippen molar-refractivity contribution < 1.29 is 14.6 Å². The van der Waals surface area contributed by atoms with E-state index in [1.807, 2.05) is 31.2 Å². The van der Waals surface area contributed by atoms with Gasteiger partial charge in [-0.15, -0.1) is 0 Å². The van der Waals surface area contributed by atoms with Crippen LogP contribution in [0.3, 0.4) is 0 Å². The van der Waals surface area contributed by atoms with Crippen molar-refractivity contribution in [3.63, 3.8) is 0 Å². The summed E-state index contributed by atoms with van der Waals surface area (Å²) >= 11 is 0. The molecule has 3 heteroatoms. The van der Waals surface area contributed by atoms with Gasteiger partial charge in [0.2, 0.25) is 0 Å². The number of aliphatic hydroxyl groups is 1. The first-order valence-electron chi connectivity index (χ1n) is 5.50. The molecule has 0 aromatic heterocycles. The van der Waals surface area contributed by atoms with Crippen molar-refractivity contribution in [2.45, 2.75) is 19.4 Å². The molecule has 90 valence electrons. The zero-order valence-electron chi connectivity index (χ0n) is 10.1. The molecule has 1 rings (SSSR count). The van der Waals surface area contributed by atoms with E-state index in [2.05, 4.69) is 0 Å². The molecule has 0 amide bonds. The van der Waals surface area contributed by atoms with E-state index in [0.29, 0.717) is 6.61 Å². The molecule has 16 heavy (non-hydrogen) atoms. The second kappa shape index (κ2) is 6.51. The van der Waals surface area contributed by atoms with Gasteiger partial charge in [0.25, 0.3) is 0 Å². The second-order valence-corrected chi connectivity index (χ2v) is 3.95. The fourth-order valence-corrected chi connectivity index (χ4v) is 1.68. The van der Waals surface area contributed by atoms with Crippen molar-refractivity contribution in [3.05, 3.63) is 29.8 Å². The Morgan fingerprint density at radius 1 is 1.25 bits per heavy atom. The van der Waals surface area contributed by atoms with Crippen molar-refractivity contribution >= 4 is 0 Å². The third-order valence-corrected chi connectivity index (χ3v) is 2.77. The number of methoxy groups -OCH3 is 2. The van der Waals surface area contributed by atoms with Crippen LogP contribution >= 0.6 is 0 Å². The zero-order valence-corrected chi connectivity index (χ0v) is 10.1. The highest BCUT2D eigenvalue weighted by Crippen LogP contribution is 2.31. The molecule has 0 aliphatic heterocycles. The largest absolute Gasteiger partial charge is 0.496 e. The lowest BCUT2D eigenvalue weighted by atomic mass is 9.94. The fourth-order valence-electron chi connectivity index (χ4n) is 1.68. The second-order valence-electron chi connectivity index (χ2n) is 3.95. The molecule has 0 spiro atoms. The van der Waals surface area contributed by atoms with Crippen molar-refractivity contribution in [3.8, 4) is 5.75 Å². The monoisotopic (exact) mass is 224 g/mol. The molecule has 2 atom stereocenters. The molecule has 0 bridgehead atoms. The van der Waals surface area contributed by atoms with Gasteiger partial charge in [-0.05, 0) is 18.4 Å². The third-order valence-electron chi connectivity index (χ3n) is 2.77. The van der Waals surface area contributed by atoms with Gasteiger partial charge in [0.1, 0.15) is 5.75 Å². The number of hydrogen-bond donors (Lipinski definition) is 1. The Hall–Kier alpha value is -1.06. The molecule has 1 aromatic carbocycles. The van der Waals surface area contributed by atoms with E-state index < -0.39 is 6.10 Å². The Balaban J connectivity index is 2.74. The third kappa shape index (κ3) is 3.22. The Labute approximate surface area is 97.0 Å². The number of para-hydroxylation sites is 1. The van der Waals surface area contributed by atoms with E-state index in [1.54, 1.807) is 14.2 Å². The molecule has 0 saturated heterocycles. The van der Waals surface area contributed by atoms with Crippen molar-refractivity contribution in [1.82, 2.24) is 0 Å². The summed E-state index contributed by atoms with van der Waals surface area (Å²) in [5.41, 5.74) is 0.841. The topological polar surface area (TPSA) is 38.7 Å². The molecular weight excluding hydrogens is 204 g/mol. The lowest BCUT2D eigenvalue weighted by Crippen LogP contribution is -2.12. The van der Waals surface area contributed by atoms with Gasteiger partial charge in [0, 0.05) is 19.3 Å². The van der Waals surface area contributed by atoms with E-state index in [-0.39, 0.29) is 5.92 Å². The van der Waals surface area contributed by atoms with E-state index >= 15 is 0 Å². The smallest absolute Gasteiger partial charge is 0.124 e. The number of aliphatic hydroxyl groups excluding tert-OH is 1. The molecule has 1 N–H and O–H groups in total. The van der Waals surface area contributed by atoms with Crippen LogP contribution in [0.15, 0.2) is 24.3 Å². The first-order chi connectivity index (χ1) is 7.70. The van der Waals surface area contributed by atoms with Crippen molar-refractivity contribution in [2.75, 3.05) is 20.8 Å². The molecule has 3 nitrogen and oxygen atoms in total. The average Bonchev–Trinajstić information content (AvgIpc) is 2.34. The van der Waals surface area contributed by atoms with Gasteiger partial charge in [-0.3, -0.25) is 0 Å². The lowest BCUT2D eigenvalue weighted by molar-refractivity contribution is 0.0866. The maximum Gasteiger partial charge on any atom is 0.124 e. The molecule has 2 unspecified atom stereocenters. The van der Waals surface area contributed by atoms with E-state index in [1.165, 1.54) is 0 Å². The summed E-state index contributed by atoms with van der Waals surface area (Å²) in [5.74, 6) is 0.885. The standard InChI is InChI=1S/C13H20O3/c1-10(8-9-15-2)13(14)11-6-4-5-7-12(11)16-3/h4-7,10,13-14H,8-9H2,1-3H3. The predicted molar refractivity (Wildman–Crippen MR) is 63.6 cm³/mol. The Morgan fingerprint density at radius 2 is 1.94 bits per heavy atom. The molecule has 0 heterocycles. The lowest BCUT2D eigenvalue weighted by Gasteiger charge is -2.20. The van der Waals surface area contributed by atoms with E-state index in [9.17, 15) is 5.11 Å². The van der Waals surface area contributed by atoms with Gasteiger partial charge in [0.05, 0.1) is 13.2 Å². The predicted octanol–water partition coefficient (Wildman–Crippen LogP) is 2.40. The molecule has 0 aliphatic carbocycles. The molecular formula is C13H20O3. The minimum absolute atomic E-state index is 0.149. The van der Waals surface area contributed by atoms with Crippen LogP contribution in [0.25, 0.3) is 0 Å². The summed E-state index contributed by atoms with van der Waals surface area (Å²) in [4.78, 5) is 0. The maximum atomic E-state index is 10.2. The number of benzene rings is 1. The van der Waals surface area contributed by atoms with Crippen molar-refractivity contribution in [1.29, 1.82) is 0 Å². The SMILES string of the molecule is COCCC(C)C(O)c1ccccc1OC. The zero-order chi connectivity index (χ0) is 12.0. The quantitative estimate of drug-likeness (QED) is 0.806. The fraction of sp³-hybridized carbons (Fsp3) is 0.538. The Kier molecular flexibility index (Phi) is 5.29. The Bertz CT molecular complexity index is 312. The van der Waals surface area contributed by atoms with Crippen molar-refractivity contribution in [2.24, 2.45) is 5.92 Å². The highest BCUT2D eigenvalue weighted by atomic mass is 16.5. The highest BCUT2D eigenvalue weighted by Gasteiger charge is 2.19. The minimum Gasteiger partial charge on any atom is -0.496 e. The van der Waals surface area contributed by atoms with Crippen LogP contribution in [-0.2, 0) is 4.74 Å². The molecule has 0 fully saturated rings. The summed E-state index contributed by atoms with van der Waals surface area (Å²) in [6.45, 7) is 2.67.